The summed E-state index contributed by atoms with van der Waals surface area (Å²) in [6.45, 7) is 2.11. The number of hydrogen-bond donors (Lipinski definition) is 0. The summed E-state index contributed by atoms with van der Waals surface area (Å²) in [4.78, 5) is 0. The minimum Gasteiger partial charge on any atom is -0.117 e. The van der Waals surface area contributed by atoms with Crippen LogP contribution in [0.2, 0.25) is 10.0 Å². The molecule has 18 heavy (non-hydrogen) atoms. The van der Waals surface area contributed by atoms with Gasteiger partial charge in [0.05, 0.1) is 15.4 Å². The Bertz CT molecular complexity index is 523. The van der Waals surface area contributed by atoms with E-state index in [4.69, 9.17) is 34.8 Å². The molecule has 0 nitrogen and oxygen atoms in total. The zero-order valence-electron chi connectivity index (χ0n) is 9.91. The van der Waals surface area contributed by atoms with Gasteiger partial charge in [-0.3, -0.25) is 0 Å². The van der Waals surface area contributed by atoms with E-state index in [2.05, 4.69) is 19.1 Å². The van der Waals surface area contributed by atoms with Gasteiger partial charge in [0.2, 0.25) is 0 Å². The molecule has 2 aromatic rings. The Morgan fingerprint density at radius 2 is 1.50 bits per heavy atom. The van der Waals surface area contributed by atoms with Crippen LogP contribution in [-0.2, 0) is 0 Å². The largest absolute Gasteiger partial charge is 0.117 e. The average molecular weight is 300 g/mol. The first-order valence-electron chi connectivity index (χ1n) is 5.73. The van der Waals surface area contributed by atoms with Gasteiger partial charge in [0.25, 0.3) is 0 Å². The van der Waals surface area contributed by atoms with Crippen molar-refractivity contribution in [1.29, 1.82) is 0 Å². The summed E-state index contributed by atoms with van der Waals surface area (Å²) >= 11 is 18.4. The van der Waals surface area contributed by atoms with Crippen LogP contribution in [0, 0.1) is 0 Å². The first-order chi connectivity index (χ1) is 8.59. The van der Waals surface area contributed by atoms with Gasteiger partial charge in [-0.2, -0.15) is 0 Å². The fourth-order valence-electron chi connectivity index (χ4n) is 1.90. The molecule has 0 bridgehead atoms. The topological polar surface area (TPSA) is 0 Å². The van der Waals surface area contributed by atoms with Crippen LogP contribution < -0.4 is 0 Å². The number of rotatable bonds is 3. The second-order valence-corrected chi connectivity index (χ2v) is 5.56. The molecule has 0 aliphatic carbocycles. The second-order valence-electron chi connectivity index (χ2n) is 4.27. The number of benzene rings is 2. The van der Waals surface area contributed by atoms with E-state index < -0.39 is 0 Å². The summed E-state index contributed by atoms with van der Waals surface area (Å²) in [6.07, 6.45) is 0. The normalized spacial score (nSPS) is 14.2. The third-order valence-corrected chi connectivity index (χ3v) is 4.40. The van der Waals surface area contributed by atoms with E-state index in [1.54, 1.807) is 6.07 Å². The van der Waals surface area contributed by atoms with Gasteiger partial charge in [-0.05, 0) is 23.3 Å². The molecular weight excluding hydrogens is 287 g/mol. The Hall–Kier alpha value is -0.690. The SMILES string of the molecule is CC(c1ccccc1)C(Cl)c1ccc(Cl)c(Cl)c1. The molecule has 0 spiro atoms. The summed E-state index contributed by atoms with van der Waals surface area (Å²) < 4.78 is 0. The molecule has 3 heteroatoms. The molecule has 0 amide bonds. The van der Waals surface area contributed by atoms with Crippen molar-refractivity contribution in [2.45, 2.75) is 18.2 Å². The predicted octanol–water partition coefficient (Wildman–Crippen LogP) is 6.08. The summed E-state index contributed by atoms with van der Waals surface area (Å²) in [7, 11) is 0. The van der Waals surface area contributed by atoms with E-state index in [1.165, 1.54) is 5.56 Å². The standard InChI is InChI=1S/C15H13Cl3/c1-10(11-5-3-2-4-6-11)15(18)12-7-8-13(16)14(17)9-12/h2-10,15H,1H3. The molecule has 0 saturated heterocycles. The van der Waals surface area contributed by atoms with Gasteiger partial charge in [-0.25, -0.2) is 0 Å². The van der Waals surface area contributed by atoms with Crippen LogP contribution in [0.3, 0.4) is 0 Å². The zero-order chi connectivity index (χ0) is 13.1. The third-order valence-electron chi connectivity index (χ3n) is 3.03. The molecule has 2 aromatic carbocycles. The highest BCUT2D eigenvalue weighted by Crippen LogP contribution is 2.37. The van der Waals surface area contributed by atoms with Gasteiger partial charge in [0, 0.05) is 5.92 Å². The van der Waals surface area contributed by atoms with Crippen LogP contribution in [0.5, 0.6) is 0 Å². The van der Waals surface area contributed by atoms with Crippen LogP contribution >= 0.6 is 34.8 Å². The lowest BCUT2D eigenvalue weighted by Crippen LogP contribution is -2.02. The van der Waals surface area contributed by atoms with E-state index in [9.17, 15) is 0 Å². The number of alkyl halides is 1. The molecule has 0 heterocycles. The monoisotopic (exact) mass is 298 g/mol. The minimum atomic E-state index is -0.123. The smallest absolute Gasteiger partial charge is 0.0651 e. The lowest BCUT2D eigenvalue weighted by Gasteiger charge is -2.19. The highest BCUT2D eigenvalue weighted by Gasteiger charge is 2.18. The van der Waals surface area contributed by atoms with E-state index in [1.807, 2.05) is 30.3 Å². The fraction of sp³-hybridized carbons (Fsp3) is 0.200. The summed E-state index contributed by atoms with van der Waals surface area (Å²) in [5.41, 5.74) is 2.20. The van der Waals surface area contributed by atoms with Crippen LogP contribution in [-0.4, -0.2) is 0 Å². The van der Waals surface area contributed by atoms with Crippen LogP contribution in [0.4, 0.5) is 0 Å². The van der Waals surface area contributed by atoms with Crippen molar-refractivity contribution in [2.75, 3.05) is 0 Å². The van der Waals surface area contributed by atoms with Crippen molar-refractivity contribution < 1.29 is 0 Å². The number of halogens is 3. The van der Waals surface area contributed by atoms with Gasteiger partial charge < -0.3 is 0 Å². The average Bonchev–Trinajstić information content (AvgIpc) is 2.41. The molecule has 0 fully saturated rings. The summed E-state index contributed by atoms with van der Waals surface area (Å²) in [6, 6.07) is 15.7. The Morgan fingerprint density at radius 1 is 0.833 bits per heavy atom. The quantitative estimate of drug-likeness (QED) is 0.603. The molecule has 2 atom stereocenters. The number of hydrogen-bond acceptors (Lipinski definition) is 0. The van der Waals surface area contributed by atoms with E-state index >= 15 is 0 Å². The first-order valence-corrected chi connectivity index (χ1v) is 6.93. The van der Waals surface area contributed by atoms with E-state index in [0.29, 0.717) is 10.0 Å². The summed E-state index contributed by atoms with van der Waals surface area (Å²) in [5, 5.41) is 0.971. The molecule has 0 radical (unpaired) electrons. The molecule has 2 unspecified atom stereocenters. The van der Waals surface area contributed by atoms with Crippen molar-refractivity contribution in [2.24, 2.45) is 0 Å². The Morgan fingerprint density at radius 3 is 2.11 bits per heavy atom. The zero-order valence-corrected chi connectivity index (χ0v) is 12.2. The Kier molecular flexibility index (Phi) is 4.55. The van der Waals surface area contributed by atoms with Crippen LogP contribution in [0.25, 0.3) is 0 Å². The Labute approximate surface area is 122 Å². The van der Waals surface area contributed by atoms with Crippen molar-refractivity contribution in [3.05, 3.63) is 69.7 Å². The van der Waals surface area contributed by atoms with Crippen molar-refractivity contribution in [3.63, 3.8) is 0 Å². The van der Waals surface area contributed by atoms with Gasteiger partial charge in [0.15, 0.2) is 0 Å². The van der Waals surface area contributed by atoms with Crippen molar-refractivity contribution in [1.82, 2.24) is 0 Å². The maximum absolute atomic E-state index is 6.51. The van der Waals surface area contributed by atoms with Gasteiger partial charge in [-0.1, -0.05) is 66.5 Å². The van der Waals surface area contributed by atoms with E-state index in [-0.39, 0.29) is 11.3 Å². The maximum atomic E-state index is 6.51. The molecule has 94 valence electrons. The van der Waals surface area contributed by atoms with E-state index in [0.717, 1.165) is 5.56 Å². The molecule has 0 aliphatic rings. The third kappa shape index (κ3) is 3.00. The molecule has 2 rings (SSSR count). The molecule has 0 saturated carbocycles. The highest BCUT2D eigenvalue weighted by molar-refractivity contribution is 6.42. The molecule has 0 N–H and O–H groups in total. The maximum Gasteiger partial charge on any atom is 0.0651 e. The first kappa shape index (κ1) is 13.7. The summed E-state index contributed by atoms with van der Waals surface area (Å²) in [5.74, 6) is 0.213. The van der Waals surface area contributed by atoms with Crippen molar-refractivity contribution in [3.8, 4) is 0 Å². The Balaban J connectivity index is 2.25. The lowest BCUT2D eigenvalue weighted by atomic mass is 9.93. The van der Waals surface area contributed by atoms with Crippen LogP contribution in [0.15, 0.2) is 48.5 Å². The van der Waals surface area contributed by atoms with Crippen molar-refractivity contribution >= 4 is 34.8 Å². The van der Waals surface area contributed by atoms with Gasteiger partial charge in [0.1, 0.15) is 0 Å². The van der Waals surface area contributed by atoms with Crippen LogP contribution in [0.1, 0.15) is 29.3 Å². The van der Waals surface area contributed by atoms with Gasteiger partial charge >= 0.3 is 0 Å². The highest BCUT2D eigenvalue weighted by atomic mass is 35.5. The fourth-order valence-corrected chi connectivity index (χ4v) is 2.49. The molecule has 0 aromatic heterocycles. The van der Waals surface area contributed by atoms with Gasteiger partial charge in [-0.15, -0.1) is 11.6 Å². The molecule has 0 aliphatic heterocycles. The molecular formula is C15H13Cl3. The predicted molar refractivity (Wildman–Crippen MR) is 79.9 cm³/mol. The lowest BCUT2D eigenvalue weighted by molar-refractivity contribution is 0.732. The minimum absolute atomic E-state index is 0.123. The second kappa shape index (κ2) is 5.97.